The summed E-state index contributed by atoms with van der Waals surface area (Å²) in [5.74, 6) is 2.91. The van der Waals surface area contributed by atoms with Crippen LogP contribution >= 0.6 is 0 Å². The Balaban J connectivity index is 2.50. The summed E-state index contributed by atoms with van der Waals surface area (Å²) < 4.78 is 11.5. The van der Waals surface area contributed by atoms with Crippen LogP contribution in [-0.4, -0.2) is 32.4 Å². The first-order chi connectivity index (χ1) is 9.94. The highest BCUT2D eigenvalue weighted by Gasteiger charge is 2.42. The molecule has 0 bridgehead atoms. The quantitative estimate of drug-likeness (QED) is 0.432. The van der Waals surface area contributed by atoms with Crippen LogP contribution in [0.1, 0.15) is 53.4 Å². The van der Waals surface area contributed by atoms with Gasteiger partial charge in [0.2, 0.25) is 0 Å². The second kappa shape index (κ2) is 7.29. The smallest absolute Gasteiger partial charge is 0.163 e. The molecule has 1 atom stereocenters. The molecule has 22 heavy (non-hydrogen) atoms. The number of hydrogen-bond donors (Lipinski definition) is 0. The predicted molar refractivity (Wildman–Crippen MR) is 93.3 cm³/mol. The van der Waals surface area contributed by atoms with Gasteiger partial charge >= 0.3 is 0 Å². The van der Waals surface area contributed by atoms with Crippen LogP contribution in [0.3, 0.4) is 0 Å². The lowest BCUT2D eigenvalue weighted by atomic mass is 9.78. The van der Waals surface area contributed by atoms with Crippen molar-refractivity contribution in [3.8, 4) is 11.5 Å². The molecular formula is C18H32O3Si. The van der Waals surface area contributed by atoms with Crippen molar-refractivity contribution in [3.05, 3.63) is 0 Å². The number of hydrogen-bond acceptors (Lipinski definition) is 3. The minimum Gasteiger partial charge on any atom is -0.350 e. The van der Waals surface area contributed by atoms with E-state index in [2.05, 4.69) is 31.1 Å². The maximum absolute atomic E-state index is 12.6. The third kappa shape index (κ3) is 6.24. The van der Waals surface area contributed by atoms with Gasteiger partial charge in [-0.05, 0) is 26.7 Å². The number of Topliss-reactive ketones (excluding diaryl/α,β-unsaturated/α-hetero) is 1. The first-order valence-corrected chi connectivity index (χ1v) is 11.8. The molecular weight excluding hydrogens is 292 g/mol. The number of carbonyl (C=O) groups excluding carboxylic acids is 1. The molecule has 0 aromatic carbocycles. The fourth-order valence-electron chi connectivity index (χ4n) is 2.52. The summed E-state index contributed by atoms with van der Waals surface area (Å²) in [4.78, 5) is 12.6. The Hall–Kier alpha value is -0.633. The van der Waals surface area contributed by atoms with Gasteiger partial charge < -0.3 is 9.47 Å². The van der Waals surface area contributed by atoms with E-state index in [1.807, 2.05) is 27.7 Å². The molecule has 0 aliphatic carbocycles. The average molecular weight is 325 g/mol. The number of carbonyl (C=O) groups is 1. The van der Waals surface area contributed by atoms with E-state index >= 15 is 0 Å². The molecule has 1 heterocycles. The lowest BCUT2D eigenvalue weighted by molar-refractivity contribution is -0.288. The van der Waals surface area contributed by atoms with Gasteiger partial charge in [-0.2, -0.15) is 0 Å². The van der Waals surface area contributed by atoms with E-state index in [0.717, 1.165) is 19.3 Å². The molecule has 1 aliphatic heterocycles. The minimum atomic E-state index is -1.29. The van der Waals surface area contributed by atoms with Gasteiger partial charge in [-0.15, -0.1) is 11.5 Å². The topological polar surface area (TPSA) is 35.5 Å². The second-order valence-corrected chi connectivity index (χ2v) is 12.9. The highest BCUT2D eigenvalue weighted by atomic mass is 28.3. The summed E-state index contributed by atoms with van der Waals surface area (Å²) in [5, 5.41) is 0. The van der Waals surface area contributed by atoms with E-state index in [1.165, 1.54) is 0 Å². The zero-order valence-corrected chi connectivity index (χ0v) is 16.3. The molecule has 0 radical (unpaired) electrons. The van der Waals surface area contributed by atoms with Gasteiger partial charge in [-0.1, -0.05) is 33.5 Å². The Bertz CT molecular complexity index is 449. The van der Waals surface area contributed by atoms with Crippen molar-refractivity contribution in [2.24, 2.45) is 5.41 Å². The monoisotopic (exact) mass is 324 g/mol. The predicted octanol–water partition coefficient (Wildman–Crippen LogP) is 4.17. The van der Waals surface area contributed by atoms with E-state index < -0.39 is 19.3 Å². The van der Waals surface area contributed by atoms with Crippen molar-refractivity contribution < 1.29 is 14.3 Å². The molecule has 0 N–H and O–H groups in total. The summed E-state index contributed by atoms with van der Waals surface area (Å²) in [6.07, 6.45) is 2.93. The maximum Gasteiger partial charge on any atom is 0.163 e. The molecule has 4 heteroatoms. The van der Waals surface area contributed by atoms with Crippen molar-refractivity contribution in [1.29, 1.82) is 0 Å². The summed E-state index contributed by atoms with van der Waals surface area (Å²) in [6.45, 7) is 15.2. The maximum atomic E-state index is 12.6. The molecule has 0 saturated carbocycles. The lowest BCUT2D eigenvalue weighted by Gasteiger charge is -2.42. The number of ketones is 1. The highest BCUT2D eigenvalue weighted by Crippen LogP contribution is 2.35. The first-order valence-electron chi connectivity index (χ1n) is 8.29. The molecule has 1 rings (SSSR count). The van der Waals surface area contributed by atoms with Crippen LogP contribution in [0.15, 0.2) is 0 Å². The zero-order chi connectivity index (χ0) is 17.0. The molecule has 0 amide bonds. The normalized spacial score (nSPS) is 21.9. The second-order valence-electron chi connectivity index (χ2n) is 8.19. The highest BCUT2D eigenvalue weighted by molar-refractivity contribution is 6.83. The van der Waals surface area contributed by atoms with Gasteiger partial charge in [0.1, 0.15) is 13.9 Å². The molecule has 0 aromatic rings. The third-order valence-electron chi connectivity index (χ3n) is 3.95. The van der Waals surface area contributed by atoms with Crippen molar-refractivity contribution in [2.75, 3.05) is 6.61 Å². The Morgan fingerprint density at radius 2 is 1.95 bits per heavy atom. The summed E-state index contributed by atoms with van der Waals surface area (Å²) in [5.41, 5.74) is 2.88. The van der Waals surface area contributed by atoms with Crippen LogP contribution in [-0.2, 0) is 14.3 Å². The summed E-state index contributed by atoms with van der Waals surface area (Å²) in [7, 11) is -1.29. The van der Waals surface area contributed by atoms with Crippen LogP contribution in [0.4, 0.5) is 0 Å². The Morgan fingerprint density at radius 1 is 1.32 bits per heavy atom. The van der Waals surface area contributed by atoms with E-state index in [0.29, 0.717) is 13.0 Å². The van der Waals surface area contributed by atoms with Crippen LogP contribution in [0, 0.1) is 16.9 Å². The largest absolute Gasteiger partial charge is 0.350 e. The molecule has 1 saturated heterocycles. The van der Waals surface area contributed by atoms with Gasteiger partial charge in [-0.25, -0.2) is 0 Å². The average Bonchev–Trinajstić information content (AvgIpc) is 2.35. The number of rotatable bonds is 5. The Kier molecular flexibility index (Phi) is 6.43. The van der Waals surface area contributed by atoms with Crippen LogP contribution in [0.25, 0.3) is 0 Å². The number of ether oxygens (including phenoxy) is 2. The fraction of sp³-hybridized carbons (Fsp3) is 0.833. The zero-order valence-electron chi connectivity index (χ0n) is 15.3. The first kappa shape index (κ1) is 19.4. The Morgan fingerprint density at radius 3 is 2.50 bits per heavy atom. The van der Waals surface area contributed by atoms with Gasteiger partial charge in [0.25, 0.3) is 0 Å². The van der Waals surface area contributed by atoms with Crippen LogP contribution in [0.2, 0.25) is 19.6 Å². The molecule has 3 nitrogen and oxygen atoms in total. The molecule has 1 aliphatic rings. The van der Waals surface area contributed by atoms with E-state index in [9.17, 15) is 4.79 Å². The van der Waals surface area contributed by atoms with Crippen molar-refractivity contribution >= 4 is 13.9 Å². The van der Waals surface area contributed by atoms with Crippen molar-refractivity contribution in [1.82, 2.24) is 0 Å². The molecule has 1 fully saturated rings. The molecule has 0 aromatic heterocycles. The van der Waals surface area contributed by atoms with Gasteiger partial charge in [0, 0.05) is 18.3 Å². The van der Waals surface area contributed by atoms with Gasteiger partial charge in [0.05, 0.1) is 12.7 Å². The van der Waals surface area contributed by atoms with Gasteiger partial charge in [0.15, 0.2) is 5.79 Å². The van der Waals surface area contributed by atoms with Crippen LogP contribution < -0.4 is 0 Å². The summed E-state index contributed by atoms with van der Waals surface area (Å²) >= 11 is 0. The minimum absolute atomic E-state index is 0.0724. The molecule has 0 unspecified atom stereocenters. The molecule has 0 spiro atoms. The van der Waals surface area contributed by atoms with Crippen LogP contribution in [0.5, 0.6) is 0 Å². The standard InChI is InChI=1S/C18H32O3Si/c1-17(2,16-12-13-20-18(3,4)21-16)15(19)11-9-8-10-14-22(5,6)7/h16H,8-9,11-13H2,1-7H3/t16-/m0/s1. The Labute approximate surface area is 137 Å². The summed E-state index contributed by atoms with van der Waals surface area (Å²) in [6, 6.07) is 0. The van der Waals surface area contributed by atoms with Crippen molar-refractivity contribution in [2.45, 2.75) is 84.9 Å². The van der Waals surface area contributed by atoms with E-state index in [1.54, 1.807) is 0 Å². The van der Waals surface area contributed by atoms with E-state index in [-0.39, 0.29) is 11.9 Å². The van der Waals surface area contributed by atoms with E-state index in [4.69, 9.17) is 9.47 Å². The van der Waals surface area contributed by atoms with Gasteiger partial charge in [-0.3, -0.25) is 4.79 Å². The number of unbranched alkanes of at least 4 members (excludes halogenated alkanes) is 1. The molecule has 126 valence electrons. The SMILES string of the molecule is CC1(C)OCC[C@@H](C(C)(C)C(=O)CCCC#C[Si](C)(C)C)O1. The fourth-order valence-corrected chi connectivity index (χ4v) is 3.18. The van der Waals surface area contributed by atoms with Crippen molar-refractivity contribution in [3.63, 3.8) is 0 Å². The lowest BCUT2D eigenvalue weighted by Crippen LogP contribution is -2.49. The third-order valence-corrected chi connectivity index (χ3v) is 4.88.